The normalized spacial score (nSPS) is 12.1. The van der Waals surface area contributed by atoms with Gasteiger partial charge in [-0.15, -0.1) is 0 Å². The average molecular weight is 914 g/mol. The van der Waals surface area contributed by atoms with E-state index in [0.29, 0.717) is 45.7 Å². The largest absolute Gasteiger partial charge is 0.508 e. The number of nitrogens with two attached hydrogens (primary N) is 1. The zero-order valence-corrected chi connectivity index (χ0v) is 36.1. The van der Waals surface area contributed by atoms with Crippen LogP contribution in [0.1, 0.15) is 68.3 Å². The van der Waals surface area contributed by atoms with Crippen LogP contribution in [0.25, 0.3) is 10.9 Å². The van der Waals surface area contributed by atoms with Gasteiger partial charge in [0, 0.05) is 46.7 Å². The van der Waals surface area contributed by atoms with E-state index in [4.69, 9.17) is 10.5 Å². The summed E-state index contributed by atoms with van der Waals surface area (Å²) in [5.41, 5.74) is 9.51. The zero-order chi connectivity index (χ0) is 46.9. The number of pyridine rings is 1. The van der Waals surface area contributed by atoms with Crippen LogP contribution < -0.4 is 26.4 Å². The predicted octanol–water partition coefficient (Wildman–Crippen LogP) is 7.83. The number of benzene rings is 5. The lowest BCUT2D eigenvalue weighted by atomic mass is 10.0. The van der Waals surface area contributed by atoms with E-state index in [1.54, 1.807) is 43.3 Å². The molecule has 2 amide bonds. The molecule has 7 N–H and O–H groups in total. The highest BCUT2D eigenvalue weighted by Gasteiger charge is 2.41. The number of amides is 2. The molecular formula is C47H46F3N5O9S. The summed E-state index contributed by atoms with van der Waals surface area (Å²) in [7, 11) is -2.68. The van der Waals surface area contributed by atoms with Gasteiger partial charge in [-0.05, 0) is 116 Å². The van der Waals surface area contributed by atoms with Crippen LogP contribution >= 0.6 is 0 Å². The van der Waals surface area contributed by atoms with Crippen molar-refractivity contribution in [3.63, 3.8) is 0 Å². The lowest BCUT2D eigenvalue weighted by Gasteiger charge is -2.16. The number of carbonyl (C=O) groups excluding carboxylic acids is 3. The number of rotatable bonds is 19. The first-order valence-corrected chi connectivity index (χ1v) is 21.8. The number of fused-ring (bicyclic) bond motifs is 1. The number of aliphatic hydroxyl groups excluding tert-OH is 1. The van der Waals surface area contributed by atoms with E-state index in [-0.39, 0.29) is 44.5 Å². The first-order valence-electron chi connectivity index (χ1n) is 20.3. The number of halogens is 3. The monoisotopic (exact) mass is 913 g/mol. The minimum absolute atomic E-state index is 0.0528. The summed E-state index contributed by atoms with van der Waals surface area (Å²) in [5, 5.41) is 30.0. The number of esters is 1. The molecule has 65 heavy (non-hydrogen) atoms. The Labute approximate surface area is 372 Å². The number of hydrogen-bond acceptors (Lipinski definition) is 12. The number of primary amides is 1. The molecule has 0 aliphatic rings. The summed E-state index contributed by atoms with van der Waals surface area (Å²) in [4.78, 5) is 41.1. The Morgan fingerprint density at radius 2 is 1.63 bits per heavy atom. The molecule has 0 aliphatic heterocycles. The Balaban J connectivity index is 1.02. The number of aliphatic hydroxyl groups is 1. The summed E-state index contributed by atoms with van der Waals surface area (Å²) >= 11 is 0. The molecule has 6 aromatic rings. The molecule has 14 nitrogen and oxygen atoms in total. The molecule has 0 bridgehead atoms. The first-order chi connectivity index (χ1) is 30.9. The van der Waals surface area contributed by atoms with Crippen LogP contribution in [0.15, 0.2) is 119 Å². The number of nitrogens with zero attached hydrogens (tertiary/aromatic N) is 1. The minimum Gasteiger partial charge on any atom is -0.508 e. The average Bonchev–Trinajstić information content (AvgIpc) is 3.28. The molecule has 0 radical (unpaired) electrons. The van der Waals surface area contributed by atoms with Gasteiger partial charge < -0.3 is 41.4 Å². The van der Waals surface area contributed by atoms with Crippen molar-refractivity contribution in [1.29, 1.82) is 0 Å². The van der Waals surface area contributed by atoms with Crippen LogP contribution in [-0.4, -0.2) is 67.8 Å². The van der Waals surface area contributed by atoms with E-state index in [1.807, 2.05) is 12.1 Å². The molecule has 6 rings (SSSR count). The van der Waals surface area contributed by atoms with Crippen molar-refractivity contribution < 1.29 is 55.7 Å². The summed E-state index contributed by atoms with van der Waals surface area (Å²) in [6.07, 6.45) is -1.57. The van der Waals surface area contributed by atoms with E-state index in [9.17, 15) is 46.2 Å². The van der Waals surface area contributed by atoms with E-state index in [2.05, 4.69) is 25.7 Å². The smallest absolute Gasteiger partial charge is 0.490 e. The van der Waals surface area contributed by atoms with Gasteiger partial charge in [0.15, 0.2) is 0 Å². The number of carbonyl (C=O) groups is 3. The Hall–Kier alpha value is -7.02. The molecule has 1 heterocycles. The Morgan fingerprint density at radius 1 is 0.877 bits per heavy atom. The predicted molar refractivity (Wildman–Crippen MR) is 237 cm³/mol. The third-order valence-electron chi connectivity index (χ3n) is 10.4. The van der Waals surface area contributed by atoms with E-state index < -0.39 is 46.5 Å². The third kappa shape index (κ3) is 12.0. The van der Waals surface area contributed by atoms with Gasteiger partial charge >= 0.3 is 12.1 Å². The lowest BCUT2D eigenvalue weighted by Crippen LogP contribution is -2.25. The van der Waals surface area contributed by atoms with E-state index >= 15 is 0 Å². The van der Waals surface area contributed by atoms with Crippen LogP contribution in [-0.2, 0) is 32.4 Å². The Bertz CT molecular complexity index is 2820. The highest BCUT2D eigenvalue weighted by Crippen LogP contribution is 2.35. The molecule has 0 spiro atoms. The van der Waals surface area contributed by atoms with Gasteiger partial charge in [-0.25, -0.2) is 13.2 Å². The molecule has 5 aromatic carbocycles. The molecule has 0 aliphatic carbocycles. The molecule has 1 aromatic heterocycles. The van der Waals surface area contributed by atoms with Gasteiger partial charge in [0.05, 0.1) is 39.8 Å². The highest BCUT2D eigenvalue weighted by molar-refractivity contribution is 7.91. The summed E-state index contributed by atoms with van der Waals surface area (Å²) in [6, 6.07) is 26.8. The molecule has 0 unspecified atom stereocenters. The van der Waals surface area contributed by atoms with Gasteiger partial charge in [0.2, 0.25) is 9.84 Å². The van der Waals surface area contributed by atoms with Crippen LogP contribution in [0.4, 0.5) is 30.2 Å². The van der Waals surface area contributed by atoms with Gasteiger partial charge in [-0.2, -0.15) is 13.2 Å². The number of methoxy groups -OCH3 is 1. The second kappa shape index (κ2) is 20.7. The van der Waals surface area contributed by atoms with Crippen LogP contribution in [0.2, 0.25) is 0 Å². The minimum atomic E-state index is -5.16. The number of phenolic OH excluding ortho intramolecular Hbond substituents is 1. The molecule has 18 heteroatoms. The number of aromatic nitrogens is 1. The summed E-state index contributed by atoms with van der Waals surface area (Å²) in [5.74, 6) is -3.47. The fraction of sp³-hybridized carbons (Fsp3) is 0.234. The fourth-order valence-corrected chi connectivity index (χ4v) is 8.35. The van der Waals surface area contributed by atoms with Crippen molar-refractivity contribution in [1.82, 2.24) is 10.3 Å². The van der Waals surface area contributed by atoms with Crippen LogP contribution in [0.3, 0.4) is 0 Å². The van der Waals surface area contributed by atoms with Gasteiger partial charge in [-0.1, -0.05) is 36.8 Å². The highest BCUT2D eigenvalue weighted by atomic mass is 32.2. The maximum atomic E-state index is 14.2. The topological polar surface area (TPSA) is 219 Å². The summed E-state index contributed by atoms with van der Waals surface area (Å²) in [6.45, 7) is 1.63. The molecule has 1 atom stereocenters. The number of unbranched alkanes of at least 4 members (excludes halogenated alkanes) is 2. The number of hydrogen-bond donors (Lipinski definition) is 6. The van der Waals surface area contributed by atoms with Crippen molar-refractivity contribution in [2.75, 3.05) is 30.8 Å². The fourth-order valence-electron chi connectivity index (χ4n) is 6.93. The Morgan fingerprint density at radius 3 is 2.35 bits per heavy atom. The number of alkyl halides is 3. The molecule has 0 fully saturated rings. The molecule has 0 saturated heterocycles. The van der Waals surface area contributed by atoms with Gasteiger partial charge in [0.25, 0.3) is 11.8 Å². The third-order valence-corrected chi connectivity index (χ3v) is 12.1. The van der Waals surface area contributed by atoms with Crippen LogP contribution in [0.5, 0.6) is 11.5 Å². The first kappa shape index (κ1) is 47.5. The van der Waals surface area contributed by atoms with Gasteiger partial charge in [-0.3, -0.25) is 14.6 Å². The van der Waals surface area contributed by atoms with Crippen molar-refractivity contribution in [2.45, 2.75) is 61.3 Å². The molecule has 340 valence electrons. The number of ether oxygens (including phenoxy) is 2. The number of aromatic hydroxyl groups is 1. The Kier molecular flexibility index (Phi) is 15.1. The number of sulfone groups is 1. The van der Waals surface area contributed by atoms with Crippen molar-refractivity contribution in [2.24, 2.45) is 5.73 Å². The number of aryl methyl sites for hydroxylation is 2. The van der Waals surface area contributed by atoms with Crippen molar-refractivity contribution in [3.8, 4) is 11.5 Å². The number of anilines is 3. The molecule has 0 saturated carbocycles. The lowest BCUT2D eigenvalue weighted by molar-refractivity contribution is -0.201. The van der Waals surface area contributed by atoms with E-state index in [0.717, 1.165) is 31.2 Å². The zero-order valence-electron chi connectivity index (χ0n) is 35.2. The maximum absolute atomic E-state index is 14.2. The standard InChI is InChI=1S/C47H46F3N5O9S/c1-28-20-37(24-38-42(28)53-25-39(44(51)58)43(38)54-34-10-7-11-35(23-34)63-2)65(61,62)36-12-6-9-31(22-36)45(59)55-33-16-13-29(14-17-33)8-4-3-5-19-52-26-41(57)30-15-18-40(56)32(21-30)27-64-46(60)47(48,49)50/h6-7,9-18,20-25,41,52,56-57H,3-5,8,19,26-27H2,1-2H3,(H2,51,58)(H,53,54)(H,55,59)/t41-/m0/s1. The van der Waals surface area contributed by atoms with Crippen molar-refractivity contribution >= 4 is 55.6 Å². The number of phenols is 1. The molecular weight excluding hydrogens is 868 g/mol. The quantitative estimate of drug-likeness (QED) is 0.0338. The summed E-state index contributed by atoms with van der Waals surface area (Å²) < 4.78 is 75.2. The number of nitrogens with one attached hydrogen (secondary N) is 3. The second-order valence-corrected chi connectivity index (χ2v) is 17.0. The van der Waals surface area contributed by atoms with Crippen LogP contribution in [0, 0.1) is 6.92 Å². The maximum Gasteiger partial charge on any atom is 0.490 e. The van der Waals surface area contributed by atoms with Crippen molar-refractivity contribution in [3.05, 3.63) is 143 Å². The van der Waals surface area contributed by atoms with Gasteiger partial charge in [0.1, 0.15) is 18.1 Å². The SMILES string of the molecule is COc1cccc(Nc2c(C(N)=O)cnc3c(C)cc(S(=O)(=O)c4cccc(C(=O)Nc5ccc(CCCCCNC[C@H](O)c6ccc(O)c(COC(=O)C(F)(F)F)c6)cc5)c4)cc23)c1. The second-order valence-electron chi connectivity index (χ2n) is 15.1. The van der Waals surface area contributed by atoms with E-state index in [1.165, 1.54) is 67.9 Å².